The first-order valence-corrected chi connectivity index (χ1v) is 12.6. The van der Waals surface area contributed by atoms with Gasteiger partial charge in [-0.1, -0.05) is 0 Å². The number of hydrogen-bond donors (Lipinski definition) is 0. The Morgan fingerprint density at radius 3 is 2.51 bits per heavy atom. The molecule has 210 valence electrons. The van der Waals surface area contributed by atoms with Crippen LogP contribution in [0, 0.1) is 6.92 Å². The molecular formula is C28H26F3N9O. The van der Waals surface area contributed by atoms with Crippen LogP contribution in [0.4, 0.5) is 19.0 Å². The van der Waals surface area contributed by atoms with E-state index in [-0.39, 0.29) is 18.1 Å². The molecule has 13 heteroatoms. The van der Waals surface area contributed by atoms with Gasteiger partial charge in [0.2, 0.25) is 0 Å². The van der Waals surface area contributed by atoms with Crippen LogP contribution in [0.5, 0.6) is 0 Å². The molecule has 0 aliphatic rings. The zero-order valence-corrected chi connectivity index (χ0v) is 22.7. The zero-order valence-electron chi connectivity index (χ0n) is 22.7. The summed E-state index contributed by atoms with van der Waals surface area (Å²) in [5, 5.41) is 4.50. The molecule has 0 aliphatic heterocycles. The Morgan fingerprint density at radius 1 is 1.10 bits per heavy atom. The average Bonchev–Trinajstić information content (AvgIpc) is 3.35. The number of carbonyl (C=O) groups is 1. The molecule has 4 heterocycles. The number of aliphatic imine (C=N–C) groups is 1. The van der Waals surface area contributed by atoms with Gasteiger partial charge >= 0.3 is 6.18 Å². The molecule has 4 aromatic heterocycles. The van der Waals surface area contributed by atoms with E-state index in [4.69, 9.17) is 4.98 Å². The summed E-state index contributed by atoms with van der Waals surface area (Å²) in [6, 6.07) is 8.30. The lowest BCUT2D eigenvalue weighted by molar-refractivity contribution is -0.137. The molecule has 41 heavy (non-hydrogen) atoms. The lowest BCUT2D eigenvalue weighted by Crippen LogP contribution is -2.34. The van der Waals surface area contributed by atoms with Crippen molar-refractivity contribution >= 4 is 34.6 Å². The molecule has 0 saturated heterocycles. The van der Waals surface area contributed by atoms with E-state index in [0.717, 1.165) is 17.8 Å². The third-order valence-corrected chi connectivity index (χ3v) is 6.42. The van der Waals surface area contributed by atoms with E-state index >= 15 is 0 Å². The van der Waals surface area contributed by atoms with Gasteiger partial charge in [-0.2, -0.15) is 18.3 Å². The number of fused-ring (bicyclic) bond motifs is 3. The second kappa shape index (κ2) is 10.9. The first-order chi connectivity index (χ1) is 19.5. The first kappa shape index (κ1) is 27.6. The fourth-order valence-electron chi connectivity index (χ4n) is 4.31. The molecule has 0 saturated carbocycles. The SMILES string of the molecule is Cc1cnn2c1c(N=CN(C)C)nc1ccc(C(=O)N(Cc3ccc(C(F)(F)F)cn3)C(C)c3ncccn3)cc12. The van der Waals surface area contributed by atoms with Crippen molar-refractivity contribution in [1.82, 2.24) is 39.3 Å². The van der Waals surface area contributed by atoms with Gasteiger partial charge in [-0.05, 0) is 55.8 Å². The predicted octanol–water partition coefficient (Wildman–Crippen LogP) is 5.02. The van der Waals surface area contributed by atoms with Crippen molar-refractivity contribution in [2.24, 2.45) is 4.99 Å². The molecule has 0 radical (unpaired) electrons. The number of halogens is 3. The molecule has 5 aromatic rings. The number of pyridine rings is 1. The molecule has 1 amide bonds. The maximum absolute atomic E-state index is 14.0. The lowest BCUT2D eigenvalue weighted by atomic mass is 10.1. The first-order valence-electron chi connectivity index (χ1n) is 12.6. The summed E-state index contributed by atoms with van der Waals surface area (Å²) in [5.74, 6) is 0.481. The van der Waals surface area contributed by atoms with E-state index in [0.29, 0.717) is 33.8 Å². The Kier molecular flexibility index (Phi) is 7.35. The maximum atomic E-state index is 14.0. The van der Waals surface area contributed by atoms with Crippen LogP contribution in [0.1, 0.15) is 46.0 Å². The fourth-order valence-corrected chi connectivity index (χ4v) is 4.31. The Morgan fingerprint density at radius 2 is 1.85 bits per heavy atom. The number of benzene rings is 1. The molecule has 10 nitrogen and oxygen atoms in total. The van der Waals surface area contributed by atoms with E-state index < -0.39 is 17.8 Å². The molecular weight excluding hydrogens is 535 g/mol. The van der Waals surface area contributed by atoms with Gasteiger partial charge in [0, 0.05) is 38.2 Å². The monoisotopic (exact) mass is 561 g/mol. The minimum atomic E-state index is -4.51. The maximum Gasteiger partial charge on any atom is 0.417 e. The fraction of sp³-hybridized carbons (Fsp3) is 0.250. The molecule has 1 unspecified atom stereocenters. The summed E-state index contributed by atoms with van der Waals surface area (Å²) in [7, 11) is 3.71. The molecule has 5 rings (SSSR count). The lowest BCUT2D eigenvalue weighted by Gasteiger charge is -2.28. The zero-order chi connectivity index (χ0) is 29.3. The van der Waals surface area contributed by atoms with Crippen molar-refractivity contribution in [3.05, 3.63) is 89.4 Å². The van der Waals surface area contributed by atoms with E-state index in [1.54, 1.807) is 65.5 Å². The van der Waals surface area contributed by atoms with Crippen LogP contribution in [0.3, 0.4) is 0 Å². The van der Waals surface area contributed by atoms with Gasteiger partial charge in [-0.15, -0.1) is 0 Å². The highest BCUT2D eigenvalue weighted by atomic mass is 19.4. The summed E-state index contributed by atoms with van der Waals surface area (Å²) >= 11 is 0. The highest BCUT2D eigenvalue weighted by molar-refractivity contribution is 5.98. The van der Waals surface area contributed by atoms with Gasteiger partial charge in [0.25, 0.3) is 5.91 Å². The van der Waals surface area contributed by atoms with Crippen molar-refractivity contribution in [3.63, 3.8) is 0 Å². The van der Waals surface area contributed by atoms with Gasteiger partial charge in [0.15, 0.2) is 5.82 Å². The van der Waals surface area contributed by atoms with Crippen LogP contribution in [0.2, 0.25) is 0 Å². The number of carbonyl (C=O) groups excluding carboxylic acids is 1. The molecule has 0 fully saturated rings. The van der Waals surface area contributed by atoms with Crippen LogP contribution >= 0.6 is 0 Å². The molecule has 0 spiro atoms. The van der Waals surface area contributed by atoms with Gasteiger partial charge in [0.1, 0.15) is 11.3 Å². The standard InChI is InChI=1S/C28H26F3N9O/c1-17-13-36-40-23-12-19(6-9-22(23)37-26(24(17)40)35-16-38(3)4)27(41)39(18(2)25-32-10-5-11-33-25)15-21-8-7-20(14-34-21)28(29,30)31/h5-14,16,18H,15H2,1-4H3. The Balaban J connectivity index is 1.56. The van der Waals surface area contributed by atoms with Crippen LogP contribution < -0.4 is 0 Å². The van der Waals surface area contributed by atoms with Gasteiger partial charge in [-0.3, -0.25) is 9.78 Å². The number of hydrogen-bond acceptors (Lipinski definition) is 7. The summed E-state index contributed by atoms with van der Waals surface area (Å²) in [6.45, 7) is 3.59. The number of amides is 1. The van der Waals surface area contributed by atoms with Crippen molar-refractivity contribution in [1.29, 1.82) is 0 Å². The quantitative estimate of drug-likeness (QED) is 0.203. The van der Waals surface area contributed by atoms with Crippen molar-refractivity contribution in [2.45, 2.75) is 32.6 Å². The molecule has 0 bridgehead atoms. The number of nitrogens with zero attached hydrogens (tertiary/aromatic N) is 9. The summed E-state index contributed by atoms with van der Waals surface area (Å²) in [6.07, 6.45) is 2.73. The smallest absolute Gasteiger partial charge is 0.369 e. The minimum Gasteiger partial charge on any atom is -0.369 e. The highest BCUT2D eigenvalue weighted by Gasteiger charge is 2.31. The van der Waals surface area contributed by atoms with Gasteiger partial charge in [-0.25, -0.2) is 24.5 Å². The molecule has 0 aliphatic carbocycles. The number of rotatable bonds is 7. The second-order valence-electron chi connectivity index (χ2n) is 9.69. The third-order valence-electron chi connectivity index (χ3n) is 6.42. The second-order valence-corrected chi connectivity index (χ2v) is 9.69. The van der Waals surface area contributed by atoms with Crippen LogP contribution in [0.15, 0.2) is 66.2 Å². The van der Waals surface area contributed by atoms with Crippen LogP contribution in [-0.4, -0.2) is 65.7 Å². The third kappa shape index (κ3) is 5.69. The normalized spacial score (nSPS) is 12.8. The molecule has 1 atom stereocenters. The van der Waals surface area contributed by atoms with E-state index in [1.807, 2.05) is 21.0 Å². The highest BCUT2D eigenvalue weighted by Crippen LogP contribution is 2.30. The Hall–Kier alpha value is -4.94. The van der Waals surface area contributed by atoms with Crippen LogP contribution in [0.25, 0.3) is 16.6 Å². The Bertz CT molecular complexity index is 1730. The molecule has 0 N–H and O–H groups in total. The number of alkyl halides is 3. The predicted molar refractivity (Wildman–Crippen MR) is 147 cm³/mol. The van der Waals surface area contributed by atoms with Crippen molar-refractivity contribution in [2.75, 3.05) is 14.1 Å². The van der Waals surface area contributed by atoms with Crippen molar-refractivity contribution < 1.29 is 18.0 Å². The van der Waals surface area contributed by atoms with E-state index in [9.17, 15) is 18.0 Å². The van der Waals surface area contributed by atoms with Gasteiger partial charge < -0.3 is 9.80 Å². The summed E-state index contributed by atoms with van der Waals surface area (Å²) in [4.78, 5) is 39.0. The molecule has 1 aromatic carbocycles. The number of aromatic nitrogens is 6. The largest absolute Gasteiger partial charge is 0.417 e. The Labute approximate surface area is 233 Å². The summed E-state index contributed by atoms with van der Waals surface area (Å²) in [5.41, 5.74) is 2.49. The van der Waals surface area contributed by atoms with E-state index in [2.05, 4.69) is 25.0 Å². The minimum absolute atomic E-state index is 0.0683. The average molecular weight is 562 g/mol. The van der Waals surface area contributed by atoms with E-state index in [1.165, 1.54) is 11.0 Å². The topological polar surface area (TPSA) is 105 Å². The van der Waals surface area contributed by atoms with Crippen LogP contribution in [-0.2, 0) is 12.7 Å². The van der Waals surface area contributed by atoms with Crippen molar-refractivity contribution in [3.8, 4) is 0 Å². The number of aryl methyl sites for hydroxylation is 1. The van der Waals surface area contributed by atoms with Gasteiger partial charge in [0.05, 0.1) is 47.4 Å². The summed E-state index contributed by atoms with van der Waals surface area (Å²) < 4.78 is 40.9.